The molecule has 0 unspecified atom stereocenters. The van der Waals surface area contributed by atoms with Crippen LogP contribution < -0.4 is 5.32 Å². The Morgan fingerprint density at radius 3 is 2.30 bits per heavy atom. The fourth-order valence-electron chi connectivity index (χ4n) is 3.43. The van der Waals surface area contributed by atoms with E-state index in [4.69, 9.17) is 11.6 Å². The second-order valence-corrected chi connectivity index (χ2v) is 7.45. The van der Waals surface area contributed by atoms with Gasteiger partial charge in [0.1, 0.15) is 0 Å². The van der Waals surface area contributed by atoms with E-state index in [2.05, 4.69) is 83.7 Å². The number of nitrogens with zero attached hydrogens (tertiary/aromatic N) is 1. The van der Waals surface area contributed by atoms with Gasteiger partial charge < -0.3 is 9.88 Å². The van der Waals surface area contributed by atoms with Crippen LogP contribution in [0.15, 0.2) is 79.0 Å². The van der Waals surface area contributed by atoms with Gasteiger partial charge in [0.05, 0.1) is 0 Å². The zero-order valence-electron chi connectivity index (χ0n) is 15.5. The van der Waals surface area contributed by atoms with Crippen molar-refractivity contribution in [2.24, 2.45) is 0 Å². The molecule has 0 saturated heterocycles. The van der Waals surface area contributed by atoms with Gasteiger partial charge in [-0.25, -0.2) is 0 Å². The van der Waals surface area contributed by atoms with E-state index in [0.29, 0.717) is 0 Å². The SMILES string of the molecule is Cc1ccc(CNCc2cn(Cc3ccc(Cl)cc3)c3ccccc23)cc1. The van der Waals surface area contributed by atoms with Crippen molar-refractivity contribution in [3.05, 3.63) is 106 Å². The van der Waals surface area contributed by atoms with Crippen LogP contribution >= 0.6 is 11.6 Å². The quantitative estimate of drug-likeness (QED) is 0.441. The lowest BCUT2D eigenvalue weighted by atomic mass is 10.1. The number of aryl methyl sites for hydroxylation is 1. The highest BCUT2D eigenvalue weighted by Crippen LogP contribution is 2.23. The largest absolute Gasteiger partial charge is 0.343 e. The molecule has 0 amide bonds. The molecule has 1 N–H and O–H groups in total. The summed E-state index contributed by atoms with van der Waals surface area (Å²) in [7, 11) is 0. The van der Waals surface area contributed by atoms with Gasteiger partial charge in [0.25, 0.3) is 0 Å². The van der Waals surface area contributed by atoms with Crippen LogP contribution in [0.1, 0.15) is 22.3 Å². The van der Waals surface area contributed by atoms with Crippen molar-refractivity contribution in [3.63, 3.8) is 0 Å². The number of halogens is 1. The highest BCUT2D eigenvalue weighted by molar-refractivity contribution is 6.30. The summed E-state index contributed by atoms with van der Waals surface area (Å²) >= 11 is 6.02. The minimum Gasteiger partial charge on any atom is -0.343 e. The van der Waals surface area contributed by atoms with Crippen LogP contribution in [0.3, 0.4) is 0 Å². The Labute approximate surface area is 165 Å². The van der Waals surface area contributed by atoms with Gasteiger partial charge in [-0.05, 0) is 41.8 Å². The standard InChI is InChI=1S/C24H23ClN2/c1-18-6-8-19(9-7-18)14-26-15-21-17-27(24-5-3-2-4-23(21)24)16-20-10-12-22(25)13-11-20/h2-13,17,26H,14-16H2,1H3. The summed E-state index contributed by atoms with van der Waals surface area (Å²) in [5, 5.41) is 5.67. The molecule has 0 aliphatic heterocycles. The molecule has 4 aromatic rings. The zero-order valence-corrected chi connectivity index (χ0v) is 16.2. The first-order valence-electron chi connectivity index (χ1n) is 9.26. The Morgan fingerprint density at radius 2 is 1.52 bits per heavy atom. The summed E-state index contributed by atoms with van der Waals surface area (Å²) in [6.45, 7) is 4.68. The van der Waals surface area contributed by atoms with Crippen LogP contribution in [0.4, 0.5) is 0 Å². The number of hydrogen-bond donors (Lipinski definition) is 1. The van der Waals surface area contributed by atoms with Gasteiger partial charge in [-0.3, -0.25) is 0 Å². The molecule has 1 heterocycles. The predicted molar refractivity (Wildman–Crippen MR) is 114 cm³/mol. The monoisotopic (exact) mass is 374 g/mol. The molecular weight excluding hydrogens is 352 g/mol. The summed E-state index contributed by atoms with van der Waals surface area (Å²) in [5.41, 5.74) is 6.44. The molecule has 4 rings (SSSR count). The number of nitrogens with one attached hydrogen (secondary N) is 1. The summed E-state index contributed by atoms with van der Waals surface area (Å²) in [4.78, 5) is 0. The lowest BCUT2D eigenvalue weighted by Crippen LogP contribution is -2.12. The van der Waals surface area contributed by atoms with Crippen LogP contribution in [-0.2, 0) is 19.6 Å². The van der Waals surface area contributed by atoms with E-state index in [1.54, 1.807) is 0 Å². The molecule has 0 atom stereocenters. The van der Waals surface area contributed by atoms with Gasteiger partial charge in [0, 0.05) is 41.8 Å². The van der Waals surface area contributed by atoms with Crippen molar-refractivity contribution >= 4 is 22.5 Å². The maximum absolute atomic E-state index is 6.02. The summed E-state index contributed by atoms with van der Waals surface area (Å²) in [6, 6.07) is 25.4. The molecule has 0 aliphatic carbocycles. The predicted octanol–water partition coefficient (Wildman–Crippen LogP) is 5.94. The van der Waals surface area contributed by atoms with E-state index in [1.165, 1.54) is 33.2 Å². The van der Waals surface area contributed by atoms with Crippen LogP contribution in [0.25, 0.3) is 10.9 Å². The van der Waals surface area contributed by atoms with Crippen molar-refractivity contribution in [2.75, 3.05) is 0 Å². The topological polar surface area (TPSA) is 17.0 Å². The first kappa shape index (κ1) is 17.8. The molecule has 2 nitrogen and oxygen atoms in total. The fraction of sp³-hybridized carbons (Fsp3) is 0.167. The number of hydrogen-bond acceptors (Lipinski definition) is 1. The number of aromatic nitrogens is 1. The minimum atomic E-state index is 0.775. The molecule has 0 spiro atoms. The Morgan fingerprint density at radius 1 is 0.815 bits per heavy atom. The average Bonchev–Trinajstić information content (AvgIpc) is 3.03. The van der Waals surface area contributed by atoms with Crippen LogP contribution in [-0.4, -0.2) is 4.57 Å². The van der Waals surface area contributed by atoms with Crippen LogP contribution in [0.2, 0.25) is 5.02 Å². The molecule has 0 saturated carbocycles. The molecule has 1 aromatic heterocycles. The maximum Gasteiger partial charge on any atom is 0.0486 e. The van der Waals surface area contributed by atoms with Gasteiger partial charge >= 0.3 is 0 Å². The second kappa shape index (κ2) is 7.99. The van der Waals surface area contributed by atoms with E-state index >= 15 is 0 Å². The molecule has 0 fully saturated rings. The van der Waals surface area contributed by atoms with E-state index < -0.39 is 0 Å². The number of para-hydroxylation sites is 1. The van der Waals surface area contributed by atoms with Gasteiger partial charge in [-0.15, -0.1) is 0 Å². The van der Waals surface area contributed by atoms with E-state index in [-0.39, 0.29) is 0 Å². The van der Waals surface area contributed by atoms with Gasteiger partial charge in [-0.1, -0.05) is 71.8 Å². The molecule has 0 bridgehead atoms. The van der Waals surface area contributed by atoms with Gasteiger partial charge in [-0.2, -0.15) is 0 Å². The molecule has 3 heteroatoms. The molecule has 136 valence electrons. The fourth-order valence-corrected chi connectivity index (χ4v) is 3.55. The molecular formula is C24H23ClN2. The molecule has 0 aliphatic rings. The van der Waals surface area contributed by atoms with Gasteiger partial charge in [0.2, 0.25) is 0 Å². The van der Waals surface area contributed by atoms with Crippen molar-refractivity contribution in [1.82, 2.24) is 9.88 Å². The zero-order chi connectivity index (χ0) is 18.6. The van der Waals surface area contributed by atoms with E-state index in [0.717, 1.165) is 24.7 Å². The molecule has 27 heavy (non-hydrogen) atoms. The summed E-state index contributed by atoms with van der Waals surface area (Å²) in [6.07, 6.45) is 2.27. The third-order valence-electron chi connectivity index (χ3n) is 4.90. The third kappa shape index (κ3) is 4.24. The highest BCUT2D eigenvalue weighted by atomic mass is 35.5. The smallest absolute Gasteiger partial charge is 0.0486 e. The minimum absolute atomic E-state index is 0.775. The van der Waals surface area contributed by atoms with Crippen molar-refractivity contribution in [2.45, 2.75) is 26.6 Å². The van der Waals surface area contributed by atoms with Crippen LogP contribution in [0.5, 0.6) is 0 Å². The third-order valence-corrected chi connectivity index (χ3v) is 5.15. The average molecular weight is 375 g/mol. The molecule has 0 radical (unpaired) electrons. The Balaban J connectivity index is 1.52. The van der Waals surface area contributed by atoms with Crippen LogP contribution in [0, 0.1) is 6.92 Å². The van der Waals surface area contributed by atoms with Crippen molar-refractivity contribution < 1.29 is 0 Å². The molecule has 3 aromatic carbocycles. The first-order chi connectivity index (χ1) is 13.2. The number of fused-ring (bicyclic) bond motifs is 1. The lowest BCUT2D eigenvalue weighted by molar-refractivity contribution is 0.692. The lowest BCUT2D eigenvalue weighted by Gasteiger charge is -2.06. The van der Waals surface area contributed by atoms with E-state index in [9.17, 15) is 0 Å². The Hall–Kier alpha value is -2.55. The van der Waals surface area contributed by atoms with Crippen molar-refractivity contribution in [1.29, 1.82) is 0 Å². The maximum atomic E-state index is 6.02. The Kier molecular flexibility index (Phi) is 5.28. The summed E-state index contributed by atoms with van der Waals surface area (Å²) < 4.78 is 2.32. The van der Waals surface area contributed by atoms with E-state index in [1.807, 2.05) is 12.1 Å². The highest BCUT2D eigenvalue weighted by Gasteiger charge is 2.08. The number of rotatable bonds is 6. The first-order valence-corrected chi connectivity index (χ1v) is 9.64. The second-order valence-electron chi connectivity index (χ2n) is 7.02. The van der Waals surface area contributed by atoms with Crippen molar-refractivity contribution in [3.8, 4) is 0 Å². The van der Waals surface area contributed by atoms with Gasteiger partial charge in [0.15, 0.2) is 0 Å². The summed E-state index contributed by atoms with van der Waals surface area (Å²) in [5.74, 6) is 0. The normalized spacial score (nSPS) is 11.2. The number of benzene rings is 3. The Bertz CT molecular complexity index is 1030.